The third kappa shape index (κ3) is 3.61. The van der Waals surface area contributed by atoms with Crippen LogP contribution in [0.1, 0.15) is 32.6 Å². The number of amides is 2. The average molecular weight is 258 g/mol. The van der Waals surface area contributed by atoms with E-state index in [2.05, 4.69) is 5.32 Å². The summed E-state index contributed by atoms with van der Waals surface area (Å²) < 4.78 is 0. The van der Waals surface area contributed by atoms with Crippen molar-refractivity contribution in [3.63, 3.8) is 0 Å². The lowest BCUT2D eigenvalue weighted by atomic mass is 10.2. The number of nitrogens with zero attached hydrogens (tertiary/aromatic N) is 1. The minimum atomic E-state index is -1.38. The Bertz CT molecular complexity index is 344. The summed E-state index contributed by atoms with van der Waals surface area (Å²) in [5.41, 5.74) is 0. The van der Waals surface area contributed by atoms with Crippen LogP contribution in [0.4, 0.5) is 4.79 Å². The molecule has 0 saturated carbocycles. The highest BCUT2D eigenvalue weighted by molar-refractivity contribution is 5.86. The standard InChI is InChI=1S/C11H18N2O5/c1-2-7-4-3-5-13(7)11(18)12-8(10(16)17)6-9(14)15/h7-8H,2-6H2,1H3,(H,12,18)(H,14,15)(H,16,17)/t7?,8-/m0/s1. The Morgan fingerprint density at radius 1 is 1.39 bits per heavy atom. The van der Waals surface area contributed by atoms with Crippen molar-refractivity contribution in [2.75, 3.05) is 6.54 Å². The zero-order valence-electron chi connectivity index (χ0n) is 10.3. The second kappa shape index (κ2) is 6.23. The fourth-order valence-corrected chi connectivity index (χ4v) is 2.13. The number of urea groups is 1. The first-order valence-electron chi connectivity index (χ1n) is 5.97. The zero-order valence-corrected chi connectivity index (χ0v) is 10.3. The van der Waals surface area contributed by atoms with Crippen LogP contribution in [-0.4, -0.2) is 51.7 Å². The Kier molecular flexibility index (Phi) is 4.94. The number of carbonyl (C=O) groups excluding carboxylic acids is 1. The number of aliphatic carboxylic acids is 2. The van der Waals surface area contributed by atoms with Gasteiger partial charge in [-0.2, -0.15) is 0 Å². The Morgan fingerprint density at radius 2 is 2.06 bits per heavy atom. The fourth-order valence-electron chi connectivity index (χ4n) is 2.13. The Hall–Kier alpha value is -1.79. The summed E-state index contributed by atoms with van der Waals surface area (Å²) in [5.74, 6) is -2.59. The number of nitrogens with one attached hydrogen (secondary N) is 1. The summed E-state index contributed by atoms with van der Waals surface area (Å²) in [6.45, 7) is 2.55. The molecule has 7 heteroatoms. The minimum absolute atomic E-state index is 0.115. The van der Waals surface area contributed by atoms with Gasteiger partial charge in [-0.25, -0.2) is 9.59 Å². The maximum Gasteiger partial charge on any atom is 0.326 e. The molecule has 0 aliphatic carbocycles. The van der Waals surface area contributed by atoms with E-state index in [-0.39, 0.29) is 6.04 Å². The molecule has 2 atom stereocenters. The topological polar surface area (TPSA) is 107 Å². The van der Waals surface area contributed by atoms with Crippen LogP contribution in [0.3, 0.4) is 0 Å². The summed E-state index contributed by atoms with van der Waals surface area (Å²) in [4.78, 5) is 34.8. The van der Waals surface area contributed by atoms with Crippen LogP contribution in [0.2, 0.25) is 0 Å². The predicted octanol–water partition coefficient (Wildman–Crippen LogP) is 0.498. The van der Waals surface area contributed by atoms with Crippen LogP contribution in [-0.2, 0) is 9.59 Å². The highest BCUT2D eigenvalue weighted by atomic mass is 16.4. The molecule has 18 heavy (non-hydrogen) atoms. The molecule has 7 nitrogen and oxygen atoms in total. The molecule has 0 aromatic carbocycles. The lowest BCUT2D eigenvalue weighted by Crippen LogP contribution is -2.50. The van der Waals surface area contributed by atoms with Crippen molar-refractivity contribution < 1.29 is 24.6 Å². The van der Waals surface area contributed by atoms with Crippen molar-refractivity contribution in [2.24, 2.45) is 0 Å². The van der Waals surface area contributed by atoms with Crippen molar-refractivity contribution in [1.29, 1.82) is 0 Å². The van der Waals surface area contributed by atoms with E-state index in [4.69, 9.17) is 10.2 Å². The quantitative estimate of drug-likeness (QED) is 0.665. The van der Waals surface area contributed by atoms with Gasteiger partial charge in [0.25, 0.3) is 0 Å². The molecule has 3 N–H and O–H groups in total. The first-order valence-corrected chi connectivity index (χ1v) is 5.97. The number of likely N-dealkylation sites (tertiary alicyclic amines) is 1. The first kappa shape index (κ1) is 14.3. The van der Waals surface area contributed by atoms with Gasteiger partial charge in [0.15, 0.2) is 0 Å². The maximum atomic E-state index is 11.9. The van der Waals surface area contributed by atoms with Gasteiger partial charge in [0.05, 0.1) is 6.42 Å². The van der Waals surface area contributed by atoms with E-state index < -0.39 is 30.4 Å². The van der Waals surface area contributed by atoms with E-state index in [1.807, 2.05) is 6.92 Å². The number of carboxylic acid groups (broad SMARTS) is 2. The lowest BCUT2D eigenvalue weighted by Gasteiger charge is -2.25. The van der Waals surface area contributed by atoms with Crippen LogP contribution < -0.4 is 5.32 Å². The number of hydrogen-bond acceptors (Lipinski definition) is 3. The van der Waals surface area contributed by atoms with Crippen molar-refractivity contribution in [2.45, 2.75) is 44.7 Å². The number of carboxylic acids is 2. The number of carbonyl (C=O) groups is 3. The molecule has 1 heterocycles. The van der Waals surface area contributed by atoms with Crippen LogP contribution >= 0.6 is 0 Å². The summed E-state index contributed by atoms with van der Waals surface area (Å²) in [6, 6.07) is -1.76. The summed E-state index contributed by atoms with van der Waals surface area (Å²) >= 11 is 0. The molecular formula is C11H18N2O5. The van der Waals surface area contributed by atoms with Crippen molar-refractivity contribution in [3.8, 4) is 0 Å². The molecule has 102 valence electrons. The highest BCUT2D eigenvalue weighted by Gasteiger charge is 2.31. The molecule has 1 rings (SSSR count). The normalized spacial score (nSPS) is 20.5. The number of rotatable bonds is 5. The van der Waals surface area contributed by atoms with Crippen molar-refractivity contribution >= 4 is 18.0 Å². The van der Waals surface area contributed by atoms with Crippen molar-refractivity contribution in [3.05, 3.63) is 0 Å². The van der Waals surface area contributed by atoms with Gasteiger partial charge in [0.1, 0.15) is 6.04 Å². The largest absolute Gasteiger partial charge is 0.481 e. The summed E-state index contributed by atoms with van der Waals surface area (Å²) in [6.07, 6.45) is 1.99. The molecule has 0 radical (unpaired) electrons. The average Bonchev–Trinajstić information content (AvgIpc) is 2.75. The lowest BCUT2D eigenvalue weighted by molar-refractivity contribution is -0.145. The highest BCUT2D eigenvalue weighted by Crippen LogP contribution is 2.19. The summed E-state index contributed by atoms with van der Waals surface area (Å²) in [5, 5.41) is 19.7. The van der Waals surface area contributed by atoms with Crippen LogP contribution in [0.25, 0.3) is 0 Å². The van der Waals surface area contributed by atoms with E-state index in [1.54, 1.807) is 4.90 Å². The van der Waals surface area contributed by atoms with Crippen LogP contribution in [0, 0.1) is 0 Å². The molecule has 1 unspecified atom stereocenters. The smallest absolute Gasteiger partial charge is 0.326 e. The van der Waals surface area contributed by atoms with Crippen molar-refractivity contribution in [1.82, 2.24) is 10.2 Å². The molecule has 0 bridgehead atoms. The van der Waals surface area contributed by atoms with Gasteiger partial charge in [-0.15, -0.1) is 0 Å². The van der Waals surface area contributed by atoms with Gasteiger partial charge in [0, 0.05) is 12.6 Å². The monoisotopic (exact) mass is 258 g/mol. The van der Waals surface area contributed by atoms with E-state index in [1.165, 1.54) is 0 Å². The van der Waals surface area contributed by atoms with E-state index >= 15 is 0 Å². The zero-order chi connectivity index (χ0) is 13.7. The molecule has 1 aliphatic heterocycles. The maximum absolute atomic E-state index is 11.9. The van der Waals surface area contributed by atoms with Gasteiger partial charge in [-0.3, -0.25) is 4.79 Å². The molecule has 0 aromatic rings. The van der Waals surface area contributed by atoms with E-state index in [9.17, 15) is 14.4 Å². The minimum Gasteiger partial charge on any atom is -0.481 e. The van der Waals surface area contributed by atoms with Gasteiger partial charge >= 0.3 is 18.0 Å². The molecule has 2 amide bonds. The van der Waals surface area contributed by atoms with E-state index in [0.29, 0.717) is 6.54 Å². The Balaban J connectivity index is 2.60. The molecular weight excluding hydrogens is 240 g/mol. The second-order valence-corrected chi connectivity index (χ2v) is 4.34. The molecule has 0 aromatic heterocycles. The summed E-state index contributed by atoms with van der Waals surface area (Å²) in [7, 11) is 0. The molecule has 1 saturated heterocycles. The fraction of sp³-hybridized carbons (Fsp3) is 0.727. The Morgan fingerprint density at radius 3 is 2.56 bits per heavy atom. The molecule has 0 spiro atoms. The third-order valence-corrected chi connectivity index (χ3v) is 3.08. The number of hydrogen-bond donors (Lipinski definition) is 3. The molecule has 1 aliphatic rings. The predicted molar refractivity (Wildman–Crippen MR) is 62.2 cm³/mol. The van der Waals surface area contributed by atoms with Gasteiger partial charge in [-0.1, -0.05) is 6.92 Å². The molecule has 1 fully saturated rings. The van der Waals surface area contributed by atoms with Gasteiger partial charge in [-0.05, 0) is 19.3 Å². The SMILES string of the molecule is CCC1CCCN1C(=O)N[C@@H](CC(=O)O)C(=O)O. The Labute approximate surface area is 105 Å². The van der Waals surface area contributed by atoms with E-state index in [0.717, 1.165) is 19.3 Å². The first-order chi connectivity index (χ1) is 8.45. The van der Waals surface area contributed by atoms with Crippen LogP contribution in [0.15, 0.2) is 0 Å². The van der Waals surface area contributed by atoms with Gasteiger partial charge < -0.3 is 20.4 Å². The second-order valence-electron chi connectivity index (χ2n) is 4.34. The van der Waals surface area contributed by atoms with Gasteiger partial charge in [0.2, 0.25) is 0 Å². The third-order valence-electron chi connectivity index (χ3n) is 3.08. The van der Waals surface area contributed by atoms with Crippen LogP contribution in [0.5, 0.6) is 0 Å².